The van der Waals surface area contributed by atoms with Gasteiger partial charge in [-0.05, 0) is 55.5 Å². The summed E-state index contributed by atoms with van der Waals surface area (Å²) < 4.78 is 42.7. The first kappa shape index (κ1) is 20.9. The van der Waals surface area contributed by atoms with E-state index in [2.05, 4.69) is 10.6 Å². The van der Waals surface area contributed by atoms with Crippen LogP contribution in [-0.4, -0.2) is 23.9 Å². The molecule has 0 aliphatic rings. The summed E-state index contributed by atoms with van der Waals surface area (Å²) in [4.78, 5) is 35.1. The van der Waals surface area contributed by atoms with Gasteiger partial charge in [0.15, 0.2) is 6.10 Å². The molecule has 2 aromatic carbocycles. The number of esters is 1. The zero-order chi connectivity index (χ0) is 20.9. The van der Waals surface area contributed by atoms with Crippen molar-refractivity contribution in [3.05, 3.63) is 59.7 Å². The predicted octanol–water partition coefficient (Wildman–Crippen LogP) is 3.85. The molecule has 148 valence electrons. The minimum atomic E-state index is -4.47. The average Bonchev–Trinajstić information content (AvgIpc) is 2.61. The highest BCUT2D eigenvalue weighted by molar-refractivity contribution is 5.97. The largest absolute Gasteiger partial charge is 0.449 e. The third-order valence-corrected chi connectivity index (χ3v) is 3.57. The Morgan fingerprint density at radius 3 is 1.89 bits per heavy atom. The van der Waals surface area contributed by atoms with Crippen molar-refractivity contribution in [2.45, 2.75) is 26.1 Å². The van der Waals surface area contributed by atoms with Crippen LogP contribution in [0.1, 0.15) is 29.8 Å². The third kappa shape index (κ3) is 5.83. The highest BCUT2D eigenvalue weighted by Crippen LogP contribution is 2.29. The van der Waals surface area contributed by atoms with Gasteiger partial charge in [-0.1, -0.05) is 0 Å². The van der Waals surface area contributed by atoms with E-state index in [4.69, 9.17) is 4.74 Å². The molecule has 0 aliphatic heterocycles. The lowest BCUT2D eigenvalue weighted by atomic mass is 10.2. The molecule has 0 aliphatic carbocycles. The number of halogens is 3. The lowest BCUT2D eigenvalue weighted by Gasteiger charge is -2.14. The Morgan fingerprint density at radius 2 is 1.39 bits per heavy atom. The van der Waals surface area contributed by atoms with Gasteiger partial charge in [-0.3, -0.25) is 9.59 Å². The van der Waals surface area contributed by atoms with Gasteiger partial charge in [-0.15, -0.1) is 0 Å². The second-order valence-electron chi connectivity index (χ2n) is 5.87. The number of hydrogen-bond donors (Lipinski definition) is 2. The van der Waals surface area contributed by atoms with Gasteiger partial charge in [0.1, 0.15) is 0 Å². The van der Waals surface area contributed by atoms with Crippen molar-refractivity contribution in [1.82, 2.24) is 0 Å². The smallest absolute Gasteiger partial charge is 0.416 e. The summed E-state index contributed by atoms with van der Waals surface area (Å²) in [7, 11) is 0. The number of carbonyl (C=O) groups excluding carboxylic acids is 3. The van der Waals surface area contributed by atoms with Gasteiger partial charge in [0, 0.05) is 18.3 Å². The molecule has 28 heavy (non-hydrogen) atoms. The molecule has 2 rings (SSSR count). The van der Waals surface area contributed by atoms with Gasteiger partial charge in [-0.2, -0.15) is 13.2 Å². The van der Waals surface area contributed by atoms with Crippen molar-refractivity contribution in [3.63, 3.8) is 0 Å². The molecule has 9 heteroatoms. The molecule has 0 saturated heterocycles. The van der Waals surface area contributed by atoms with Crippen LogP contribution in [0.3, 0.4) is 0 Å². The normalized spacial score (nSPS) is 12.0. The molecule has 0 fully saturated rings. The van der Waals surface area contributed by atoms with E-state index in [1.54, 1.807) is 0 Å². The van der Waals surface area contributed by atoms with E-state index in [1.165, 1.54) is 38.1 Å². The van der Waals surface area contributed by atoms with Crippen molar-refractivity contribution in [2.24, 2.45) is 0 Å². The van der Waals surface area contributed by atoms with Gasteiger partial charge in [0.2, 0.25) is 5.91 Å². The Labute approximate surface area is 158 Å². The van der Waals surface area contributed by atoms with Gasteiger partial charge in [0.05, 0.1) is 11.1 Å². The summed E-state index contributed by atoms with van der Waals surface area (Å²) in [6.07, 6.45) is -5.65. The summed E-state index contributed by atoms with van der Waals surface area (Å²) in [5.41, 5.74) is -0.0336. The Balaban J connectivity index is 1.94. The van der Waals surface area contributed by atoms with E-state index in [0.29, 0.717) is 5.69 Å². The van der Waals surface area contributed by atoms with Crippen molar-refractivity contribution >= 4 is 29.2 Å². The molecule has 0 spiro atoms. The van der Waals surface area contributed by atoms with E-state index in [0.717, 1.165) is 24.3 Å². The SMILES string of the molecule is CC(=O)Nc1ccc(C(=O)O[C@H](C)C(=O)Nc2ccc(C(F)(F)F)cc2)cc1. The lowest BCUT2D eigenvalue weighted by molar-refractivity contribution is -0.137. The topological polar surface area (TPSA) is 84.5 Å². The second-order valence-corrected chi connectivity index (χ2v) is 5.87. The Bertz CT molecular complexity index is 862. The number of alkyl halides is 3. The van der Waals surface area contributed by atoms with Crippen molar-refractivity contribution in [1.29, 1.82) is 0 Å². The molecule has 0 unspecified atom stereocenters. The molecule has 2 amide bonds. The fourth-order valence-corrected chi connectivity index (χ4v) is 2.16. The number of rotatable bonds is 5. The number of benzene rings is 2. The monoisotopic (exact) mass is 394 g/mol. The number of amides is 2. The molecular weight excluding hydrogens is 377 g/mol. The summed E-state index contributed by atoms with van der Waals surface area (Å²) in [5, 5.41) is 4.92. The fourth-order valence-electron chi connectivity index (χ4n) is 2.16. The van der Waals surface area contributed by atoms with Gasteiger partial charge < -0.3 is 15.4 Å². The molecule has 0 radical (unpaired) electrons. The number of anilines is 2. The van der Waals surface area contributed by atoms with Gasteiger partial charge in [0.25, 0.3) is 5.91 Å². The molecule has 0 heterocycles. The average molecular weight is 394 g/mol. The molecule has 0 aromatic heterocycles. The van der Waals surface area contributed by atoms with Gasteiger partial charge in [-0.25, -0.2) is 4.79 Å². The number of carbonyl (C=O) groups is 3. The van der Waals surface area contributed by atoms with E-state index < -0.39 is 29.7 Å². The minimum absolute atomic E-state index is 0.139. The molecule has 0 bridgehead atoms. The van der Waals surface area contributed by atoms with Crippen molar-refractivity contribution < 1.29 is 32.3 Å². The van der Waals surface area contributed by atoms with E-state index in [9.17, 15) is 27.6 Å². The van der Waals surface area contributed by atoms with Crippen LogP contribution in [0.25, 0.3) is 0 Å². The highest BCUT2D eigenvalue weighted by Gasteiger charge is 2.30. The van der Waals surface area contributed by atoms with Crippen LogP contribution in [0.2, 0.25) is 0 Å². The van der Waals surface area contributed by atoms with Crippen molar-refractivity contribution in [2.75, 3.05) is 10.6 Å². The number of hydrogen-bond acceptors (Lipinski definition) is 4. The van der Waals surface area contributed by atoms with Gasteiger partial charge >= 0.3 is 12.1 Å². The van der Waals surface area contributed by atoms with Crippen LogP contribution in [0.15, 0.2) is 48.5 Å². The Kier molecular flexibility index (Phi) is 6.40. The maximum Gasteiger partial charge on any atom is 0.416 e. The molecule has 0 saturated carbocycles. The molecule has 6 nitrogen and oxygen atoms in total. The quantitative estimate of drug-likeness (QED) is 0.755. The Morgan fingerprint density at radius 1 is 0.893 bits per heavy atom. The van der Waals surface area contributed by atoms with E-state index in [-0.39, 0.29) is 17.2 Å². The van der Waals surface area contributed by atoms with Crippen LogP contribution in [0, 0.1) is 0 Å². The van der Waals surface area contributed by atoms with Crippen LogP contribution >= 0.6 is 0 Å². The third-order valence-electron chi connectivity index (χ3n) is 3.57. The molecule has 2 N–H and O–H groups in total. The number of nitrogens with one attached hydrogen (secondary N) is 2. The summed E-state index contributed by atoms with van der Waals surface area (Å²) in [5.74, 6) is -1.71. The summed E-state index contributed by atoms with van der Waals surface area (Å²) in [6.45, 7) is 2.68. The first-order chi connectivity index (χ1) is 13.1. The number of ether oxygens (including phenoxy) is 1. The first-order valence-corrected chi connectivity index (χ1v) is 8.13. The van der Waals surface area contributed by atoms with Crippen LogP contribution < -0.4 is 10.6 Å². The summed E-state index contributed by atoms with van der Waals surface area (Å²) in [6, 6.07) is 9.75. The zero-order valence-electron chi connectivity index (χ0n) is 15.0. The zero-order valence-corrected chi connectivity index (χ0v) is 15.0. The summed E-state index contributed by atoms with van der Waals surface area (Å²) >= 11 is 0. The maximum atomic E-state index is 12.5. The first-order valence-electron chi connectivity index (χ1n) is 8.13. The minimum Gasteiger partial charge on any atom is -0.449 e. The van der Waals surface area contributed by atoms with Crippen LogP contribution in [0.4, 0.5) is 24.5 Å². The maximum absolute atomic E-state index is 12.5. The highest BCUT2D eigenvalue weighted by atomic mass is 19.4. The Hall–Kier alpha value is -3.36. The lowest BCUT2D eigenvalue weighted by Crippen LogP contribution is -2.30. The standard InChI is InChI=1S/C19H17F3N2O4/c1-11(17(26)24-16-9-5-14(6-10-16)19(20,21)22)28-18(27)13-3-7-15(8-4-13)23-12(2)25/h3-11H,1-2H3,(H,23,25)(H,24,26)/t11-/m1/s1. The van der Waals surface area contributed by atoms with Crippen molar-refractivity contribution in [3.8, 4) is 0 Å². The predicted molar refractivity (Wildman–Crippen MR) is 95.7 cm³/mol. The fraction of sp³-hybridized carbons (Fsp3) is 0.211. The molecule has 2 aromatic rings. The van der Waals surface area contributed by atoms with E-state index in [1.807, 2.05) is 0 Å². The van der Waals surface area contributed by atoms with Crippen LogP contribution in [-0.2, 0) is 20.5 Å². The molecule has 1 atom stereocenters. The van der Waals surface area contributed by atoms with Crippen LogP contribution in [0.5, 0.6) is 0 Å². The second kappa shape index (κ2) is 8.55. The molecular formula is C19H17F3N2O4. The van der Waals surface area contributed by atoms with E-state index >= 15 is 0 Å².